The van der Waals surface area contributed by atoms with Gasteiger partial charge in [0.1, 0.15) is 11.4 Å². The maximum atomic E-state index is 12.5. The van der Waals surface area contributed by atoms with E-state index >= 15 is 0 Å². The van der Waals surface area contributed by atoms with Crippen LogP contribution in [0.4, 0.5) is 0 Å². The maximum Gasteiger partial charge on any atom is 0.230 e. The Kier molecular flexibility index (Phi) is 5.18. The van der Waals surface area contributed by atoms with Gasteiger partial charge in [-0.05, 0) is 42.0 Å². The number of carbonyl (C=O) groups excluding carboxylic acids is 1. The molecule has 0 unspecified atom stereocenters. The van der Waals surface area contributed by atoms with E-state index in [0.717, 1.165) is 44.1 Å². The summed E-state index contributed by atoms with van der Waals surface area (Å²) < 4.78 is 7.28. The highest BCUT2D eigenvalue weighted by atomic mass is 32.2. The molecule has 0 aliphatic rings. The highest BCUT2D eigenvalue weighted by Gasteiger charge is 2.15. The van der Waals surface area contributed by atoms with Crippen molar-refractivity contribution in [2.45, 2.75) is 11.7 Å². The number of nitrogens with one attached hydrogen (secondary N) is 1. The maximum absolute atomic E-state index is 12.5. The average molecular weight is 429 g/mol. The molecule has 0 radical (unpaired) electrons. The lowest BCUT2D eigenvalue weighted by Gasteiger charge is -2.09. The summed E-state index contributed by atoms with van der Waals surface area (Å²) in [5.41, 5.74) is 4.60. The van der Waals surface area contributed by atoms with Gasteiger partial charge >= 0.3 is 0 Å². The number of thioether (sulfide) groups is 1. The Hall–Kier alpha value is -3.58. The number of amides is 1. The topological polar surface area (TPSA) is 68.5 Å². The number of fused-ring (bicyclic) bond motifs is 5. The first-order valence-corrected chi connectivity index (χ1v) is 10.9. The van der Waals surface area contributed by atoms with Crippen LogP contribution in [0.1, 0.15) is 5.56 Å². The minimum absolute atomic E-state index is 0.0552. The highest BCUT2D eigenvalue weighted by molar-refractivity contribution is 7.99. The molecule has 0 atom stereocenters. The number of nitrogens with zero attached hydrogens (tertiary/aromatic N) is 3. The first-order chi connectivity index (χ1) is 15.2. The van der Waals surface area contributed by atoms with Crippen molar-refractivity contribution in [3.8, 4) is 5.75 Å². The van der Waals surface area contributed by atoms with E-state index in [0.29, 0.717) is 6.54 Å². The summed E-state index contributed by atoms with van der Waals surface area (Å²) in [7, 11) is 1.63. The molecule has 0 spiro atoms. The van der Waals surface area contributed by atoms with Gasteiger partial charge in [0.15, 0.2) is 5.16 Å². The first kappa shape index (κ1) is 19.4. The van der Waals surface area contributed by atoms with E-state index in [4.69, 9.17) is 14.7 Å². The van der Waals surface area contributed by atoms with Crippen LogP contribution in [-0.2, 0) is 11.3 Å². The molecular weight excluding hydrogens is 408 g/mol. The Balaban J connectivity index is 1.41. The van der Waals surface area contributed by atoms with Crippen LogP contribution >= 0.6 is 11.8 Å². The number of hydrogen-bond acceptors (Lipinski definition) is 5. The lowest BCUT2D eigenvalue weighted by atomic mass is 10.2. The molecule has 5 aromatic rings. The number of aromatic nitrogens is 3. The smallest absolute Gasteiger partial charge is 0.230 e. The van der Waals surface area contributed by atoms with E-state index in [-0.39, 0.29) is 11.7 Å². The molecule has 0 fully saturated rings. The summed E-state index contributed by atoms with van der Waals surface area (Å²) in [4.78, 5) is 22.2. The van der Waals surface area contributed by atoms with Crippen molar-refractivity contribution in [3.05, 3.63) is 78.4 Å². The zero-order valence-electron chi connectivity index (χ0n) is 16.9. The lowest BCUT2D eigenvalue weighted by molar-refractivity contribution is -0.118. The molecule has 1 amide bonds. The molecule has 2 aromatic heterocycles. The van der Waals surface area contributed by atoms with E-state index in [9.17, 15) is 4.79 Å². The third-order valence-corrected chi connectivity index (χ3v) is 6.01. The Labute approximate surface area is 183 Å². The van der Waals surface area contributed by atoms with Crippen molar-refractivity contribution in [1.82, 2.24) is 19.7 Å². The minimum atomic E-state index is -0.0552. The SMILES string of the molecule is COc1cccc(CNC(=O)CSc2nc3ccccc3c3nc4ccccc4n23)c1. The van der Waals surface area contributed by atoms with Gasteiger partial charge < -0.3 is 10.1 Å². The van der Waals surface area contributed by atoms with Crippen LogP contribution in [0.3, 0.4) is 0 Å². The van der Waals surface area contributed by atoms with Gasteiger partial charge in [0.05, 0.1) is 29.4 Å². The van der Waals surface area contributed by atoms with Crippen molar-refractivity contribution >= 4 is 45.3 Å². The third-order valence-electron chi connectivity index (χ3n) is 5.07. The largest absolute Gasteiger partial charge is 0.497 e. The second-order valence-corrected chi connectivity index (χ2v) is 8.03. The van der Waals surface area contributed by atoms with Crippen molar-refractivity contribution in [1.29, 1.82) is 0 Å². The normalized spacial score (nSPS) is 11.3. The zero-order chi connectivity index (χ0) is 21.2. The molecule has 1 N–H and O–H groups in total. The van der Waals surface area contributed by atoms with E-state index in [2.05, 4.69) is 5.32 Å². The van der Waals surface area contributed by atoms with Crippen LogP contribution in [0.25, 0.3) is 27.6 Å². The van der Waals surface area contributed by atoms with Gasteiger partial charge in [-0.3, -0.25) is 9.20 Å². The number of methoxy groups -OCH3 is 1. The summed E-state index contributed by atoms with van der Waals surface area (Å²) in [5.74, 6) is 0.980. The van der Waals surface area contributed by atoms with E-state index in [1.165, 1.54) is 11.8 Å². The predicted octanol–water partition coefficient (Wildman–Crippen LogP) is 4.45. The number of para-hydroxylation sites is 3. The van der Waals surface area contributed by atoms with Crippen LogP contribution in [0, 0.1) is 0 Å². The number of rotatable bonds is 6. The molecule has 0 aliphatic heterocycles. The van der Waals surface area contributed by atoms with Gasteiger partial charge in [0.2, 0.25) is 5.91 Å². The molecule has 31 heavy (non-hydrogen) atoms. The molecule has 154 valence electrons. The summed E-state index contributed by atoms with van der Waals surface area (Å²) in [6.07, 6.45) is 0. The van der Waals surface area contributed by atoms with Crippen molar-refractivity contribution in [3.63, 3.8) is 0 Å². The Bertz CT molecular complexity index is 1410. The third kappa shape index (κ3) is 3.80. The fraction of sp³-hybridized carbons (Fsp3) is 0.125. The lowest BCUT2D eigenvalue weighted by Crippen LogP contribution is -2.24. The molecule has 0 aliphatic carbocycles. The van der Waals surface area contributed by atoms with Crippen LogP contribution in [0.15, 0.2) is 78.0 Å². The van der Waals surface area contributed by atoms with Crippen molar-refractivity contribution in [2.24, 2.45) is 0 Å². The standard InChI is InChI=1S/C24H20N4O2S/c1-30-17-8-6-7-16(13-17)14-25-22(29)15-31-24-27-19-10-3-2-9-18(19)23-26-20-11-4-5-12-21(20)28(23)24/h2-13H,14-15H2,1H3,(H,25,29). The average Bonchev–Trinajstić information content (AvgIpc) is 3.21. The molecule has 5 rings (SSSR count). The van der Waals surface area contributed by atoms with Gasteiger partial charge in [-0.2, -0.15) is 0 Å². The summed E-state index contributed by atoms with van der Waals surface area (Å²) in [6.45, 7) is 0.450. The molecule has 7 heteroatoms. The summed E-state index contributed by atoms with van der Waals surface area (Å²) in [6, 6.07) is 23.6. The van der Waals surface area contributed by atoms with Crippen LogP contribution in [-0.4, -0.2) is 33.1 Å². The first-order valence-electron chi connectivity index (χ1n) is 9.91. The number of benzene rings is 3. The van der Waals surface area contributed by atoms with E-state index in [1.54, 1.807) is 7.11 Å². The molecule has 2 heterocycles. The van der Waals surface area contributed by atoms with Gasteiger partial charge in [-0.25, -0.2) is 9.97 Å². The number of ether oxygens (including phenoxy) is 1. The van der Waals surface area contributed by atoms with Gasteiger partial charge in [-0.15, -0.1) is 0 Å². The molecule has 6 nitrogen and oxygen atoms in total. The summed E-state index contributed by atoms with van der Waals surface area (Å²) >= 11 is 1.41. The Morgan fingerprint density at radius 2 is 1.81 bits per heavy atom. The highest BCUT2D eigenvalue weighted by Crippen LogP contribution is 2.28. The molecule has 0 bridgehead atoms. The molecular formula is C24H20N4O2S. The van der Waals surface area contributed by atoms with Crippen molar-refractivity contribution in [2.75, 3.05) is 12.9 Å². The fourth-order valence-corrected chi connectivity index (χ4v) is 4.41. The molecule has 0 saturated carbocycles. The number of imidazole rings is 1. The zero-order valence-corrected chi connectivity index (χ0v) is 17.7. The monoisotopic (exact) mass is 428 g/mol. The quantitative estimate of drug-likeness (QED) is 0.320. The fourth-order valence-electron chi connectivity index (χ4n) is 3.57. The summed E-state index contributed by atoms with van der Waals surface area (Å²) in [5, 5.41) is 4.71. The van der Waals surface area contributed by atoms with Gasteiger partial charge in [-0.1, -0.05) is 48.2 Å². The Morgan fingerprint density at radius 1 is 1.00 bits per heavy atom. The van der Waals surface area contributed by atoms with Crippen LogP contribution < -0.4 is 10.1 Å². The Morgan fingerprint density at radius 3 is 2.68 bits per heavy atom. The number of carbonyl (C=O) groups is 1. The van der Waals surface area contributed by atoms with Gasteiger partial charge in [0.25, 0.3) is 0 Å². The van der Waals surface area contributed by atoms with Crippen LogP contribution in [0.5, 0.6) is 5.75 Å². The second-order valence-electron chi connectivity index (χ2n) is 7.09. The van der Waals surface area contributed by atoms with E-state index in [1.807, 2.05) is 77.2 Å². The van der Waals surface area contributed by atoms with Gasteiger partial charge in [0, 0.05) is 11.9 Å². The van der Waals surface area contributed by atoms with E-state index < -0.39 is 0 Å². The van der Waals surface area contributed by atoms with Crippen molar-refractivity contribution < 1.29 is 9.53 Å². The molecule has 3 aromatic carbocycles. The number of hydrogen-bond donors (Lipinski definition) is 1. The van der Waals surface area contributed by atoms with Crippen LogP contribution in [0.2, 0.25) is 0 Å². The molecule has 0 saturated heterocycles. The predicted molar refractivity (Wildman–Crippen MR) is 124 cm³/mol. The minimum Gasteiger partial charge on any atom is -0.497 e. The second kappa shape index (κ2) is 8.28.